The Hall–Kier alpha value is -1.97. The third kappa shape index (κ3) is 14.7. The Kier molecular flexibility index (Phi) is 17.9. The van der Waals surface area contributed by atoms with E-state index in [2.05, 4.69) is 6.92 Å². The van der Waals surface area contributed by atoms with Gasteiger partial charge in [-0.25, -0.2) is 8.42 Å². The summed E-state index contributed by atoms with van der Waals surface area (Å²) in [6.45, 7) is 5.98. The highest BCUT2D eigenvalue weighted by atomic mass is 32.2. The number of unbranched alkanes of at least 4 members (excludes halogenated alkanes) is 13. The zero-order valence-electron chi connectivity index (χ0n) is 25.7. The number of carbonyl (C=O) groups is 2. The van der Waals surface area contributed by atoms with Crippen LogP contribution in [0.1, 0.15) is 104 Å². The quantitative estimate of drug-likeness (QED) is 0.121. The zero-order valence-corrected chi connectivity index (χ0v) is 26.6. The molecule has 0 bridgehead atoms. The standard InChI is InChI=1S/C32H55N3O5S/c1-3-5-6-7-8-9-10-11-12-13-14-15-16-20-27-41(38,39)34-25-23-33(24-26-34)28-31(36)35(29-32(37)40-4-2)30-21-18-17-19-22-30/h17-19,21-22H,3-16,20,23-29H2,1-2H3. The fourth-order valence-corrected chi connectivity index (χ4v) is 6.86. The van der Waals surface area contributed by atoms with E-state index >= 15 is 0 Å². The number of amides is 1. The second-order valence-electron chi connectivity index (χ2n) is 11.2. The van der Waals surface area contributed by atoms with Crippen molar-refractivity contribution < 1.29 is 22.7 Å². The summed E-state index contributed by atoms with van der Waals surface area (Å²) in [5.74, 6) is -0.460. The number of carbonyl (C=O) groups excluding carboxylic acids is 2. The van der Waals surface area contributed by atoms with Gasteiger partial charge >= 0.3 is 5.97 Å². The number of para-hydroxylation sites is 1. The summed E-state index contributed by atoms with van der Waals surface area (Å²) in [5.41, 5.74) is 0.639. The minimum atomic E-state index is -3.28. The van der Waals surface area contributed by atoms with Crippen molar-refractivity contribution in [3.05, 3.63) is 30.3 Å². The molecule has 0 unspecified atom stereocenters. The summed E-state index contributed by atoms with van der Waals surface area (Å²) in [6.07, 6.45) is 17.4. The summed E-state index contributed by atoms with van der Waals surface area (Å²) in [4.78, 5) is 28.7. The molecule has 0 atom stereocenters. The average molecular weight is 594 g/mol. The Morgan fingerprint density at radius 3 is 1.78 bits per heavy atom. The van der Waals surface area contributed by atoms with Crippen LogP contribution in [0.15, 0.2) is 30.3 Å². The molecule has 0 radical (unpaired) electrons. The van der Waals surface area contributed by atoms with Crippen LogP contribution in [0.5, 0.6) is 0 Å². The maximum absolute atomic E-state index is 13.1. The lowest BCUT2D eigenvalue weighted by Gasteiger charge is -2.34. The van der Waals surface area contributed by atoms with Crippen LogP contribution in [-0.4, -0.2) is 81.1 Å². The number of ether oxygens (including phenoxy) is 1. The Balaban J connectivity index is 1.61. The summed E-state index contributed by atoms with van der Waals surface area (Å²) < 4.78 is 32.4. The van der Waals surface area contributed by atoms with Crippen LogP contribution >= 0.6 is 0 Å². The first-order valence-electron chi connectivity index (χ1n) is 16.1. The molecule has 1 aromatic carbocycles. The minimum Gasteiger partial charge on any atom is -0.465 e. The van der Waals surface area contributed by atoms with Crippen molar-refractivity contribution >= 4 is 27.6 Å². The first-order valence-corrected chi connectivity index (χ1v) is 17.7. The fourth-order valence-electron chi connectivity index (χ4n) is 5.32. The van der Waals surface area contributed by atoms with E-state index in [0.29, 0.717) is 38.3 Å². The molecule has 1 amide bonds. The van der Waals surface area contributed by atoms with Crippen molar-refractivity contribution in [3.8, 4) is 0 Å². The molecule has 8 nitrogen and oxygen atoms in total. The van der Waals surface area contributed by atoms with Gasteiger partial charge in [0.05, 0.1) is 18.9 Å². The Morgan fingerprint density at radius 2 is 1.27 bits per heavy atom. The SMILES string of the molecule is CCCCCCCCCCCCCCCCS(=O)(=O)N1CCN(CC(=O)N(CC(=O)OCC)c2ccccc2)CC1. The molecule has 0 spiro atoms. The molecule has 1 fully saturated rings. The first kappa shape index (κ1) is 35.2. The normalized spacial score (nSPS) is 14.7. The molecular formula is C32H55N3O5S. The smallest absolute Gasteiger partial charge is 0.326 e. The topological polar surface area (TPSA) is 87.2 Å². The molecule has 1 aromatic rings. The van der Waals surface area contributed by atoms with E-state index in [4.69, 9.17) is 4.74 Å². The zero-order chi connectivity index (χ0) is 29.8. The fraction of sp³-hybridized carbons (Fsp3) is 0.750. The molecule has 9 heteroatoms. The highest BCUT2D eigenvalue weighted by molar-refractivity contribution is 7.89. The van der Waals surface area contributed by atoms with E-state index in [0.717, 1.165) is 12.8 Å². The Labute approximate surface area is 249 Å². The van der Waals surface area contributed by atoms with Gasteiger partial charge in [0, 0.05) is 31.9 Å². The molecule has 1 aliphatic heterocycles. The van der Waals surface area contributed by atoms with Crippen LogP contribution in [0, 0.1) is 0 Å². The van der Waals surface area contributed by atoms with Crippen molar-refractivity contribution in [1.82, 2.24) is 9.21 Å². The van der Waals surface area contributed by atoms with E-state index in [1.54, 1.807) is 23.4 Å². The largest absolute Gasteiger partial charge is 0.465 e. The molecule has 1 saturated heterocycles. The van der Waals surface area contributed by atoms with E-state index in [-0.39, 0.29) is 31.4 Å². The van der Waals surface area contributed by atoms with Crippen LogP contribution < -0.4 is 4.90 Å². The summed E-state index contributed by atoms with van der Waals surface area (Å²) >= 11 is 0. The Morgan fingerprint density at radius 1 is 0.756 bits per heavy atom. The number of anilines is 1. The molecule has 0 aliphatic carbocycles. The van der Waals surface area contributed by atoms with Crippen LogP contribution in [0.2, 0.25) is 0 Å². The van der Waals surface area contributed by atoms with Gasteiger partial charge in [0.15, 0.2) is 0 Å². The third-order valence-corrected chi connectivity index (χ3v) is 9.76. The molecule has 0 aromatic heterocycles. The molecule has 0 N–H and O–H groups in total. The predicted octanol–water partition coefficient (Wildman–Crippen LogP) is 6.01. The van der Waals surface area contributed by atoms with Crippen molar-refractivity contribution in [2.45, 2.75) is 104 Å². The minimum absolute atomic E-state index is 0.126. The third-order valence-electron chi connectivity index (χ3n) is 7.80. The predicted molar refractivity (Wildman–Crippen MR) is 168 cm³/mol. The number of nitrogens with zero attached hydrogens (tertiary/aromatic N) is 3. The van der Waals surface area contributed by atoms with Crippen molar-refractivity contribution in [1.29, 1.82) is 0 Å². The Bertz CT molecular complexity index is 949. The summed E-state index contributed by atoms with van der Waals surface area (Å²) in [6, 6.07) is 9.08. The first-order chi connectivity index (χ1) is 19.9. The number of benzene rings is 1. The van der Waals surface area contributed by atoms with Crippen molar-refractivity contribution in [2.24, 2.45) is 0 Å². The summed E-state index contributed by atoms with van der Waals surface area (Å²) in [5, 5.41) is 0. The van der Waals surface area contributed by atoms with Crippen LogP contribution in [0.4, 0.5) is 5.69 Å². The van der Waals surface area contributed by atoms with Gasteiger partial charge in [-0.2, -0.15) is 4.31 Å². The van der Waals surface area contributed by atoms with E-state index in [9.17, 15) is 18.0 Å². The highest BCUT2D eigenvalue weighted by Crippen LogP contribution is 2.17. The van der Waals surface area contributed by atoms with Gasteiger partial charge in [-0.15, -0.1) is 0 Å². The van der Waals surface area contributed by atoms with Crippen molar-refractivity contribution in [3.63, 3.8) is 0 Å². The molecule has 0 saturated carbocycles. The number of hydrogen-bond donors (Lipinski definition) is 0. The second-order valence-corrected chi connectivity index (χ2v) is 13.3. The molecule has 234 valence electrons. The molecular weight excluding hydrogens is 538 g/mol. The van der Waals surface area contributed by atoms with Gasteiger partial charge in [0.2, 0.25) is 15.9 Å². The number of hydrogen-bond acceptors (Lipinski definition) is 6. The van der Waals surface area contributed by atoms with Crippen LogP contribution in [-0.2, 0) is 24.3 Å². The number of sulfonamides is 1. The average Bonchev–Trinajstić information content (AvgIpc) is 2.97. The van der Waals surface area contributed by atoms with Gasteiger partial charge < -0.3 is 9.64 Å². The number of piperazine rings is 1. The summed E-state index contributed by atoms with van der Waals surface area (Å²) in [7, 11) is -3.28. The number of rotatable bonds is 22. The van der Waals surface area contributed by atoms with Gasteiger partial charge in [-0.05, 0) is 25.5 Å². The lowest BCUT2D eigenvalue weighted by atomic mass is 10.0. The van der Waals surface area contributed by atoms with E-state index in [1.807, 2.05) is 23.1 Å². The van der Waals surface area contributed by atoms with Gasteiger partial charge in [0.25, 0.3) is 0 Å². The van der Waals surface area contributed by atoms with Crippen LogP contribution in [0.3, 0.4) is 0 Å². The molecule has 41 heavy (non-hydrogen) atoms. The molecule has 1 heterocycles. The van der Waals surface area contributed by atoms with Gasteiger partial charge in [0.1, 0.15) is 6.54 Å². The maximum atomic E-state index is 13.1. The van der Waals surface area contributed by atoms with Gasteiger partial charge in [-0.3, -0.25) is 14.5 Å². The van der Waals surface area contributed by atoms with Crippen molar-refractivity contribution in [2.75, 3.05) is 56.5 Å². The lowest BCUT2D eigenvalue weighted by molar-refractivity contribution is -0.142. The monoisotopic (exact) mass is 593 g/mol. The lowest BCUT2D eigenvalue weighted by Crippen LogP contribution is -2.52. The van der Waals surface area contributed by atoms with E-state index < -0.39 is 16.0 Å². The molecule has 1 aliphatic rings. The maximum Gasteiger partial charge on any atom is 0.326 e. The number of esters is 1. The van der Waals surface area contributed by atoms with Gasteiger partial charge in [-0.1, -0.05) is 109 Å². The van der Waals surface area contributed by atoms with Crippen LogP contribution in [0.25, 0.3) is 0 Å². The highest BCUT2D eigenvalue weighted by Gasteiger charge is 2.29. The second kappa shape index (κ2) is 20.8. The molecule has 2 rings (SSSR count). The van der Waals surface area contributed by atoms with E-state index in [1.165, 1.54) is 75.5 Å².